The van der Waals surface area contributed by atoms with E-state index in [0.29, 0.717) is 22.5 Å². The van der Waals surface area contributed by atoms with Crippen LogP contribution in [0.1, 0.15) is 78.1 Å². The number of ketones is 1. The molecule has 0 radical (unpaired) electrons. The summed E-state index contributed by atoms with van der Waals surface area (Å²) in [6.45, 7) is 6.12. The molecule has 1 heterocycles. The first-order valence-electron chi connectivity index (χ1n) is 10.1. The van der Waals surface area contributed by atoms with Crippen LogP contribution in [0.4, 0.5) is 0 Å². The summed E-state index contributed by atoms with van der Waals surface area (Å²) in [4.78, 5) is 12.0. The minimum Gasteiger partial charge on any atom is -0.374 e. The number of Topliss-reactive ketones (excluding diaryl/α,β-unsaturated/α-hetero) is 1. The average Bonchev–Trinajstić information content (AvgIpc) is 2.81. The van der Waals surface area contributed by atoms with E-state index in [1.165, 1.54) is 51.4 Å². The van der Waals surface area contributed by atoms with Crippen LogP contribution in [0.3, 0.4) is 0 Å². The van der Waals surface area contributed by atoms with Gasteiger partial charge in [0.25, 0.3) is 0 Å². The Morgan fingerprint density at radius 1 is 0.957 bits per heavy atom. The van der Waals surface area contributed by atoms with E-state index in [9.17, 15) is 4.79 Å². The van der Waals surface area contributed by atoms with Crippen LogP contribution >= 0.6 is 0 Å². The second kappa shape index (κ2) is 4.62. The maximum atomic E-state index is 12.0. The zero-order valence-corrected chi connectivity index (χ0v) is 14.9. The first kappa shape index (κ1) is 14.9. The normalized spacial score (nSPS) is 58.3. The van der Waals surface area contributed by atoms with Gasteiger partial charge in [-0.1, -0.05) is 13.8 Å². The predicted molar refractivity (Wildman–Crippen MR) is 90.0 cm³/mol. The van der Waals surface area contributed by atoms with Crippen molar-refractivity contribution in [1.29, 1.82) is 0 Å². The van der Waals surface area contributed by atoms with E-state index in [4.69, 9.17) is 4.74 Å². The van der Waals surface area contributed by atoms with Crippen molar-refractivity contribution in [2.24, 2.45) is 34.5 Å². The van der Waals surface area contributed by atoms with Crippen molar-refractivity contribution in [1.82, 2.24) is 0 Å². The number of rotatable bonds is 0. The molecule has 0 amide bonds. The summed E-state index contributed by atoms with van der Waals surface area (Å²) in [5.41, 5.74) is 1.15. The summed E-state index contributed by atoms with van der Waals surface area (Å²) in [6, 6.07) is 0. The second-order valence-corrected chi connectivity index (χ2v) is 9.99. The monoisotopic (exact) mass is 316 g/mol. The molecule has 0 aromatic rings. The van der Waals surface area contributed by atoms with Crippen LogP contribution in [0, 0.1) is 34.5 Å². The fraction of sp³-hybridized carbons (Fsp3) is 0.952. The van der Waals surface area contributed by atoms with Crippen LogP contribution in [0.15, 0.2) is 0 Å². The van der Waals surface area contributed by atoms with Gasteiger partial charge in [0.1, 0.15) is 5.78 Å². The van der Waals surface area contributed by atoms with E-state index in [-0.39, 0.29) is 5.60 Å². The summed E-state index contributed by atoms with van der Waals surface area (Å²) in [5, 5.41) is 0. The van der Waals surface area contributed by atoms with Crippen molar-refractivity contribution in [3.63, 3.8) is 0 Å². The molecule has 0 bridgehead atoms. The van der Waals surface area contributed by atoms with E-state index in [1.54, 1.807) is 0 Å². The van der Waals surface area contributed by atoms with Gasteiger partial charge < -0.3 is 4.74 Å². The zero-order valence-electron chi connectivity index (χ0n) is 14.9. The maximum Gasteiger partial charge on any atom is 0.133 e. The van der Waals surface area contributed by atoms with Crippen molar-refractivity contribution in [2.75, 3.05) is 6.61 Å². The Balaban J connectivity index is 1.46. The molecule has 0 unspecified atom stereocenters. The summed E-state index contributed by atoms with van der Waals surface area (Å²) < 4.78 is 6.23. The molecule has 1 spiro atoms. The van der Waals surface area contributed by atoms with Crippen molar-refractivity contribution in [3.8, 4) is 0 Å². The van der Waals surface area contributed by atoms with E-state index in [0.717, 1.165) is 37.2 Å². The lowest BCUT2D eigenvalue weighted by Crippen LogP contribution is -2.60. The molecule has 1 saturated heterocycles. The Hall–Kier alpha value is -0.370. The molecule has 5 rings (SSSR count). The standard InChI is InChI=1S/C21H32O2/c1-19-8-5-15(22)13-14(19)3-4-16-17(19)6-9-20(2)18(16)7-10-21(20)11-12-23-21/h14,16-18H,3-13H2,1-2H3/t14-,16+,17-,18+,19-,20-,21+/m0/s1. The topological polar surface area (TPSA) is 26.3 Å². The molecule has 4 aliphatic carbocycles. The first-order valence-corrected chi connectivity index (χ1v) is 10.1. The third kappa shape index (κ3) is 1.72. The highest BCUT2D eigenvalue weighted by atomic mass is 16.5. The lowest BCUT2D eigenvalue weighted by molar-refractivity contribution is -0.231. The van der Waals surface area contributed by atoms with E-state index >= 15 is 0 Å². The molecule has 0 aromatic carbocycles. The Labute approximate surface area is 140 Å². The Kier molecular flexibility index (Phi) is 3.00. The van der Waals surface area contributed by atoms with Crippen LogP contribution in [0.25, 0.3) is 0 Å². The fourth-order valence-electron chi connectivity index (χ4n) is 8.13. The highest BCUT2D eigenvalue weighted by molar-refractivity contribution is 5.79. The van der Waals surface area contributed by atoms with Gasteiger partial charge in [-0.05, 0) is 79.4 Å². The van der Waals surface area contributed by atoms with Gasteiger partial charge in [0, 0.05) is 19.3 Å². The summed E-state index contributed by atoms with van der Waals surface area (Å²) in [7, 11) is 0. The fourth-order valence-corrected chi connectivity index (χ4v) is 8.13. The number of hydrogen-bond acceptors (Lipinski definition) is 2. The van der Waals surface area contributed by atoms with Crippen LogP contribution in [0.2, 0.25) is 0 Å². The minimum absolute atomic E-state index is 0.253. The van der Waals surface area contributed by atoms with Crippen LogP contribution in [-0.4, -0.2) is 18.0 Å². The summed E-state index contributed by atoms with van der Waals surface area (Å²) in [6.07, 6.45) is 12.4. The molecular formula is C21H32O2. The summed E-state index contributed by atoms with van der Waals surface area (Å²) in [5.74, 6) is 3.89. The highest BCUT2D eigenvalue weighted by Gasteiger charge is 2.66. The Morgan fingerprint density at radius 3 is 2.48 bits per heavy atom. The van der Waals surface area contributed by atoms with Gasteiger partial charge in [-0.2, -0.15) is 0 Å². The van der Waals surface area contributed by atoms with Crippen LogP contribution in [0.5, 0.6) is 0 Å². The van der Waals surface area contributed by atoms with Gasteiger partial charge in [-0.25, -0.2) is 0 Å². The number of carbonyl (C=O) groups excluding carboxylic acids is 1. The minimum atomic E-state index is 0.253. The molecule has 128 valence electrons. The van der Waals surface area contributed by atoms with Gasteiger partial charge in [0.05, 0.1) is 12.2 Å². The number of carbonyl (C=O) groups is 1. The average molecular weight is 316 g/mol. The largest absolute Gasteiger partial charge is 0.374 e. The highest BCUT2D eigenvalue weighted by Crippen LogP contribution is 2.70. The molecule has 5 aliphatic rings. The van der Waals surface area contributed by atoms with Crippen molar-refractivity contribution in [2.45, 2.75) is 83.7 Å². The van der Waals surface area contributed by atoms with Gasteiger partial charge in [-0.15, -0.1) is 0 Å². The van der Waals surface area contributed by atoms with E-state index in [1.807, 2.05) is 0 Å². The lowest BCUT2D eigenvalue weighted by Gasteiger charge is -2.62. The molecule has 1 aliphatic heterocycles. The molecule has 7 atom stereocenters. The van der Waals surface area contributed by atoms with Crippen molar-refractivity contribution < 1.29 is 9.53 Å². The molecule has 0 aromatic heterocycles. The van der Waals surface area contributed by atoms with Crippen molar-refractivity contribution >= 4 is 5.78 Å². The van der Waals surface area contributed by atoms with E-state index in [2.05, 4.69) is 13.8 Å². The molecule has 23 heavy (non-hydrogen) atoms. The summed E-state index contributed by atoms with van der Waals surface area (Å²) >= 11 is 0. The first-order chi connectivity index (χ1) is 11.0. The third-order valence-electron chi connectivity index (χ3n) is 9.66. The maximum absolute atomic E-state index is 12.0. The molecule has 2 heteroatoms. The molecule has 4 saturated carbocycles. The van der Waals surface area contributed by atoms with Crippen LogP contribution < -0.4 is 0 Å². The quantitative estimate of drug-likeness (QED) is 0.644. The van der Waals surface area contributed by atoms with Gasteiger partial charge >= 0.3 is 0 Å². The lowest BCUT2D eigenvalue weighted by atomic mass is 9.44. The molecular weight excluding hydrogens is 284 g/mol. The van der Waals surface area contributed by atoms with Crippen LogP contribution in [-0.2, 0) is 9.53 Å². The molecule has 0 N–H and O–H groups in total. The Morgan fingerprint density at radius 2 is 1.74 bits per heavy atom. The molecule has 2 nitrogen and oxygen atoms in total. The van der Waals surface area contributed by atoms with Gasteiger partial charge in [0.15, 0.2) is 0 Å². The number of ether oxygens (including phenoxy) is 1. The smallest absolute Gasteiger partial charge is 0.133 e. The Bertz CT molecular complexity index is 536. The molecule has 5 fully saturated rings. The van der Waals surface area contributed by atoms with Crippen molar-refractivity contribution in [3.05, 3.63) is 0 Å². The van der Waals surface area contributed by atoms with Gasteiger partial charge in [-0.3, -0.25) is 4.79 Å². The SMILES string of the molecule is C[C@]12CCC(=O)C[C@@H]1CC[C@H]1[C@H]3CC[C@@]4(CCO4)[C@@]3(C)CC[C@@H]12. The van der Waals surface area contributed by atoms with E-state index < -0.39 is 0 Å². The third-order valence-corrected chi connectivity index (χ3v) is 9.66. The number of fused-ring (bicyclic) bond motifs is 6. The van der Waals surface area contributed by atoms with Gasteiger partial charge in [0.2, 0.25) is 0 Å². The number of hydrogen-bond donors (Lipinski definition) is 0. The predicted octanol–water partition coefficient (Wildman–Crippen LogP) is 4.76. The second-order valence-electron chi connectivity index (χ2n) is 9.99. The zero-order chi connectivity index (χ0) is 15.9.